The third kappa shape index (κ3) is 4.46. The average Bonchev–Trinajstić information content (AvgIpc) is 2.80. The molecule has 2 heterocycles. The quantitative estimate of drug-likeness (QED) is 0.351. The van der Waals surface area contributed by atoms with Gasteiger partial charge in [-0.2, -0.15) is 0 Å². The van der Waals surface area contributed by atoms with Crippen LogP contribution in [0.5, 0.6) is 0 Å². The summed E-state index contributed by atoms with van der Waals surface area (Å²) in [5.41, 5.74) is 2.69. The lowest BCUT2D eigenvalue weighted by Gasteiger charge is -2.34. The highest BCUT2D eigenvalue weighted by Crippen LogP contribution is 2.28. The second-order valence-corrected chi connectivity index (χ2v) is 8.14. The largest absolute Gasteiger partial charge is 0.423 e. The molecule has 3 aromatic carbocycles. The van der Waals surface area contributed by atoms with E-state index >= 15 is 0 Å². The molecule has 4 nitrogen and oxygen atoms in total. The molecule has 1 saturated heterocycles. The van der Waals surface area contributed by atoms with Gasteiger partial charge in [0.15, 0.2) is 0 Å². The number of benzene rings is 3. The van der Waals surface area contributed by atoms with Gasteiger partial charge in [-0.1, -0.05) is 72.8 Å². The first-order valence-corrected chi connectivity index (χ1v) is 10.9. The summed E-state index contributed by atoms with van der Waals surface area (Å²) in [6.07, 6.45) is 4.43. The molecule has 5 rings (SSSR count). The second kappa shape index (κ2) is 8.88. The number of hydrogen-bond acceptors (Lipinski definition) is 4. The molecule has 0 atom stereocenters. The summed E-state index contributed by atoms with van der Waals surface area (Å²) in [4.78, 5) is 17.1. The second-order valence-electron chi connectivity index (χ2n) is 8.14. The third-order valence-corrected chi connectivity index (χ3v) is 6.05. The highest BCUT2D eigenvalue weighted by atomic mass is 16.4. The van der Waals surface area contributed by atoms with Gasteiger partial charge in [-0.3, -0.25) is 9.80 Å². The van der Waals surface area contributed by atoms with Crippen molar-refractivity contribution in [3.8, 4) is 0 Å². The lowest BCUT2D eigenvalue weighted by atomic mass is 10.0. The smallest absolute Gasteiger partial charge is 0.336 e. The van der Waals surface area contributed by atoms with Gasteiger partial charge in [0.05, 0.1) is 0 Å². The Hall–Kier alpha value is -3.21. The van der Waals surface area contributed by atoms with Gasteiger partial charge in [0.25, 0.3) is 0 Å². The average molecular weight is 411 g/mol. The van der Waals surface area contributed by atoms with Crippen LogP contribution in [0.15, 0.2) is 88.1 Å². The minimum Gasteiger partial charge on any atom is -0.423 e. The van der Waals surface area contributed by atoms with Gasteiger partial charge in [0.1, 0.15) is 5.58 Å². The van der Waals surface area contributed by atoms with E-state index in [2.05, 4.69) is 58.4 Å². The molecule has 0 bridgehead atoms. The van der Waals surface area contributed by atoms with E-state index in [0.29, 0.717) is 5.58 Å². The minimum absolute atomic E-state index is 0.275. The first-order valence-electron chi connectivity index (χ1n) is 10.9. The highest BCUT2D eigenvalue weighted by Gasteiger charge is 2.18. The fraction of sp³-hybridized carbons (Fsp3) is 0.222. The van der Waals surface area contributed by atoms with Crippen LogP contribution < -0.4 is 5.63 Å². The SMILES string of the molecule is O=c1cc(CN2CCN(C/C=C/c3ccccc3)CC2)c2c(ccc3ccccc32)o1. The molecule has 0 aliphatic carbocycles. The van der Waals surface area contributed by atoms with E-state index in [1.807, 2.05) is 30.3 Å². The summed E-state index contributed by atoms with van der Waals surface area (Å²) in [6, 6.07) is 24.3. The Morgan fingerprint density at radius 1 is 0.839 bits per heavy atom. The van der Waals surface area contributed by atoms with Crippen molar-refractivity contribution in [1.82, 2.24) is 9.80 Å². The van der Waals surface area contributed by atoms with Crippen LogP contribution in [0.1, 0.15) is 11.1 Å². The van der Waals surface area contributed by atoms with Crippen LogP contribution in [-0.2, 0) is 6.54 Å². The number of piperazine rings is 1. The molecule has 0 saturated carbocycles. The van der Waals surface area contributed by atoms with Crippen LogP contribution in [0.2, 0.25) is 0 Å². The minimum atomic E-state index is -0.275. The number of fused-ring (bicyclic) bond motifs is 3. The number of nitrogens with zero attached hydrogens (tertiary/aromatic N) is 2. The standard InChI is InChI=1S/C27H26N2O2/c30-26-19-23(27-24-11-5-4-10-22(24)12-13-25(27)31-26)20-29-17-15-28(16-18-29)14-6-9-21-7-2-1-3-8-21/h1-13,19H,14-18,20H2/b9-6+. The molecular formula is C27H26N2O2. The van der Waals surface area contributed by atoms with Crippen LogP contribution >= 0.6 is 0 Å². The molecule has 1 aliphatic rings. The summed E-state index contributed by atoms with van der Waals surface area (Å²) in [5.74, 6) is 0. The lowest BCUT2D eigenvalue weighted by molar-refractivity contribution is 0.137. The van der Waals surface area contributed by atoms with Crippen LogP contribution in [0, 0.1) is 0 Å². The predicted octanol–water partition coefficient (Wildman–Crippen LogP) is 4.78. The Morgan fingerprint density at radius 2 is 1.58 bits per heavy atom. The van der Waals surface area contributed by atoms with E-state index < -0.39 is 0 Å². The van der Waals surface area contributed by atoms with E-state index in [1.165, 1.54) is 10.9 Å². The Bertz CT molecular complexity index is 1270. The third-order valence-electron chi connectivity index (χ3n) is 6.05. The monoisotopic (exact) mass is 410 g/mol. The van der Waals surface area contributed by atoms with Gasteiger partial charge in [-0.25, -0.2) is 4.79 Å². The van der Waals surface area contributed by atoms with E-state index in [1.54, 1.807) is 6.07 Å². The van der Waals surface area contributed by atoms with Crippen molar-refractivity contribution in [3.05, 3.63) is 100 Å². The van der Waals surface area contributed by atoms with Crippen molar-refractivity contribution < 1.29 is 4.42 Å². The summed E-state index contributed by atoms with van der Waals surface area (Å²) in [7, 11) is 0. The molecule has 1 aliphatic heterocycles. The zero-order valence-corrected chi connectivity index (χ0v) is 17.5. The lowest BCUT2D eigenvalue weighted by Crippen LogP contribution is -2.45. The molecule has 0 N–H and O–H groups in total. The Morgan fingerprint density at radius 3 is 2.42 bits per heavy atom. The van der Waals surface area contributed by atoms with Crippen molar-refractivity contribution in [3.63, 3.8) is 0 Å². The van der Waals surface area contributed by atoms with Crippen molar-refractivity contribution in [1.29, 1.82) is 0 Å². The Labute approximate surface area is 182 Å². The fourth-order valence-electron chi connectivity index (χ4n) is 4.42. The normalized spacial score (nSPS) is 15.9. The maximum atomic E-state index is 12.2. The molecule has 1 aromatic heterocycles. The van der Waals surface area contributed by atoms with Gasteiger partial charge in [-0.05, 0) is 28.0 Å². The van der Waals surface area contributed by atoms with Crippen LogP contribution in [0.4, 0.5) is 0 Å². The maximum Gasteiger partial charge on any atom is 0.336 e. The first kappa shape index (κ1) is 19.7. The predicted molar refractivity (Wildman–Crippen MR) is 127 cm³/mol. The zero-order valence-electron chi connectivity index (χ0n) is 17.5. The molecule has 4 heteroatoms. The van der Waals surface area contributed by atoms with E-state index in [4.69, 9.17) is 4.42 Å². The van der Waals surface area contributed by atoms with Crippen molar-refractivity contribution >= 4 is 27.8 Å². The molecular weight excluding hydrogens is 384 g/mol. The van der Waals surface area contributed by atoms with Crippen molar-refractivity contribution in [2.24, 2.45) is 0 Å². The summed E-state index contributed by atoms with van der Waals surface area (Å²) < 4.78 is 5.51. The Kier molecular flexibility index (Phi) is 5.65. The molecule has 1 fully saturated rings. The van der Waals surface area contributed by atoms with E-state index in [9.17, 15) is 4.79 Å². The van der Waals surface area contributed by atoms with Gasteiger partial charge >= 0.3 is 5.63 Å². The summed E-state index contributed by atoms with van der Waals surface area (Å²) in [5, 5.41) is 3.37. The van der Waals surface area contributed by atoms with E-state index in [-0.39, 0.29) is 5.63 Å². The van der Waals surface area contributed by atoms with Gasteiger partial charge in [-0.15, -0.1) is 0 Å². The molecule has 0 unspecified atom stereocenters. The summed E-state index contributed by atoms with van der Waals surface area (Å²) in [6.45, 7) is 5.77. The van der Waals surface area contributed by atoms with Gasteiger partial charge in [0, 0.05) is 50.7 Å². The van der Waals surface area contributed by atoms with Crippen molar-refractivity contribution in [2.75, 3.05) is 32.7 Å². The maximum absolute atomic E-state index is 12.2. The molecule has 31 heavy (non-hydrogen) atoms. The molecule has 0 spiro atoms. The molecule has 156 valence electrons. The molecule has 0 radical (unpaired) electrons. The van der Waals surface area contributed by atoms with Crippen LogP contribution in [0.3, 0.4) is 0 Å². The topological polar surface area (TPSA) is 36.7 Å². The zero-order chi connectivity index (χ0) is 21.0. The molecule has 0 amide bonds. The molecule has 4 aromatic rings. The van der Waals surface area contributed by atoms with Gasteiger partial charge in [0.2, 0.25) is 0 Å². The van der Waals surface area contributed by atoms with Crippen molar-refractivity contribution in [2.45, 2.75) is 6.54 Å². The van der Waals surface area contributed by atoms with E-state index in [0.717, 1.165) is 55.6 Å². The van der Waals surface area contributed by atoms with Crippen LogP contribution in [0.25, 0.3) is 27.8 Å². The Balaban J connectivity index is 1.29. The number of rotatable bonds is 5. The summed E-state index contributed by atoms with van der Waals surface area (Å²) >= 11 is 0. The fourth-order valence-corrected chi connectivity index (χ4v) is 4.42. The number of hydrogen-bond donors (Lipinski definition) is 0. The van der Waals surface area contributed by atoms with Crippen LogP contribution in [-0.4, -0.2) is 42.5 Å². The first-order chi connectivity index (χ1) is 15.3. The van der Waals surface area contributed by atoms with Gasteiger partial charge < -0.3 is 4.42 Å². The highest BCUT2D eigenvalue weighted by molar-refractivity contribution is 6.07.